The van der Waals surface area contributed by atoms with E-state index in [2.05, 4.69) is 24.1 Å². The molecule has 1 aliphatic carbocycles. The molecule has 1 aromatic rings. The third-order valence-corrected chi connectivity index (χ3v) is 6.16. The molecule has 5 heteroatoms. The van der Waals surface area contributed by atoms with Gasteiger partial charge in [-0.05, 0) is 55.3 Å². The highest BCUT2D eigenvalue weighted by Crippen LogP contribution is 2.44. The van der Waals surface area contributed by atoms with E-state index in [9.17, 15) is 0 Å². The normalized spacial score (nSPS) is 21.2. The summed E-state index contributed by atoms with van der Waals surface area (Å²) in [5.41, 5.74) is 0.146. The second kappa shape index (κ2) is 14.2. The predicted octanol–water partition coefficient (Wildman–Crippen LogP) is 8.44. The zero-order valence-electron chi connectivity index (χ0n) is 20.6. The number of azo groups is 1. The number of hydrogen-bond acceptors (Lipinski definition) is 5. The van der Waals surface area contributed by atoms with Crippen molar-refractivity contribution in [2.75, 3.05) is 13.2 Å². The second-order valence-electron chi connectivity index (χ2n) is 9.12. The lowest BCUT2D eigenvalue weighted by Crippen LogP contribution is -2.11. The molecule has 5 nitrogen and oxygen atoms in total. The van der Waals surface area contributed by atoms with Crippen molar-refractivity contribution in [3.8, 4) is 5.75 Å². The van der Waals surface area contributed by atoms with Crippen LogP contribution < -0.4 is 4.74 Å². The van der Waals surface area contributed by atoms with Gasteiger partial charge >= 0.3 is 0 Å². The maximum atomic E-state index is 5.88. The second-order valence-corrected chi connectivity index (χ2v) is 9.12. The Morgan fingerprint density at radius 1 is 0.788 bits per heavy atom. The van der Waals surface area contributed by atoms with Crippen molar-refractivity contribution in [1.82, 2.24) is 0 Å². The first-order valence-electron chi connectivity index (χ1n) is 13.1. The highest BCUT2D eigenvalue weighted by molar-refractivity contribution is 5.41. The van der Waals surface area contributed by atoms with Crippen molar-refractivity contribution in [1.29, 1.82) is 0 Å². The van der Waals surface area contributed by atoms with Crippen LogP contribution in [-0.4, -0.2) is 25.0 Å². The Bertz CT molecular complexity index is 772. The van der Waals surface area contributed by atoms with Crippen molar-refractivity contribution in [2.45, 2.75) is 103 Å². The molecule has 1 fully saturated rings. The molecule has 0 saturated carbocycles. The third-order valence-electron chi connectivity index (χ3n) is 6.16. The number of hydrogen-bond donors (Lipinski definition) is 0. The molecular formula is C28H42N2O3. The first kappa shape index (κ1) is 25.5. The molecule has 1 aromatic carbocycles. The van der Waals surface area contributed by atoms with E-state index in [-0.39, 0.29) is 6.10 Å². The Hall–Kier alpha value is -2.14. The maximum Gasteiger partial charge on any atom is 0.229 e. The number of ether oxygens (including phenoxy) is 3. The van der Waals surface area contributed by atoms with Gasteiger partial charge in [0.1, 0.15) is 17.6 Å². The molecule has 1 aliphatic heterocycles. The zero-order chi connectivity index (χ0) is 23.2. The SMILES string of the molecule is CCCCCCCCOC1=CC2OC2(N=Nc2ccc(OCCCCCCCC)cc2)C=C1. The Labute approximate surface area is 200 Å². The van der Waals surface area contributed by atoms with Gasteiger partial charge < -0.3 is 14.2 Å². The standard InChI is InChI=1S/C28H42N2O3/c1-3-5-7-9-11-13-21-31-25-17-15-24(16-18-25)29-30-28-20-19-26(23-27(28)33-28)32-22-14-12-10-8-6-4-2/h15-20,23,27H,3-14,21-22H2,1-2H3. The van der Waals surface area contributed by atoms with E-state index in [1.54, 1.807) is 0 Å². The molecule has 33 heavy (non-hydrogen) atoms. The van der Waals surface area contributed by atoms with Crippen molar-refractivity contribution in [3.05, 3.63) is 48.3 Å². The number of benzene rings is 1. The van der Waals surface area contributed by atoms with E-state index < -0.39 is 5.72 Å². The molecule has 2 aliphatic rings. The maximum absolute atomic E-state index is 5.88. The molecule has 2 atom stereocenters. The molecule has 0 N–H and O–H groups in total. The number of allylic oxidation sites excluding steroid dienone is 1. The van der Waals surface area contributed by atoms with E-state index in [4.69, 9.17) is 14.2 Å². The number of nitrogens with zero attached hydrogens (tertiary/aromatic N) is 2. The number of fused-ring (bicyclic) bond motifs is 1. The summed E-state index contributed by atoms with van der Waals surface area (Å²) in [6.07, 6.45) is 21.0. The number of unbranched alkanes of at least 4 members (excludes halogenated alkanes) is 10. The largest absolute Gasteiger partial charge is 0.494 e. The number of rotatable bonds is 18. The van der Waals surface area contributed by atoms with Gasteiger partial charge in [-0.25, -0.2) is 0 Å². The van der Waals surface area contributed by atoms with Crippen LogP contribution in [0.15, 0.2) is 58.5 Å². The Balaban J connectivity index is 1.32. The summed E-state index contributed by atoms with van der Waals surface area (Å²) in [5, 5.41) is 8.83. The summed E-state index contributed by atoms with van der Waals surface area (Å²) in [6.45, 7) is 6.02. The zero-order valence-corrected chi connectivity index (χ0v) is 20.6. The lowest BCUT2D eigenvalue weighted by molar-refractivity contribution is 0.214. The van der Waals surface area contributed by atoms with Crippen LogP contribution >= 0.6 is 0 Å². The summed E-state index contributed by atoms with van der Waals surface area (Å²) in [4.78, 5) is 0. The Morgan fingerprint density at radius 3 is 2.03 bits per heavy atom. The minimum atomic E-state index is -0.653. The molecule has 1 heterocycles. The summed E-state index contributed by atoms with van der Waals surface area (Å²) in [6, 6.07) is 7.79. The van der Waals surface area contributed by atoms with E-state index in [0.717, 1.165) is 43.3 Å². The molecule has 0 spiro atoms. The van der Waals surface area contributed by atoms with Gasteiger partial charge in [-0.15, -0.1) is 5.11 Å². The highest BCUT2D eigenvalue weighted by Gasteiger charge is 2.56. The molecule has 0 radical (unpaired) electrons. The average molecular weight is 455 g/mol. The van der Waals surface area contributed by atoms with E-state index >= 15 is 0 Å². The van der Waals surface area contributed by atoms with Gasteiger partial charge in [-0.3, -0.25) is 0 Å². The Morgan fingerprint density at radius 2 is 1.39 bits per heavy atom. The fraction of sp³-hybridized carbons (Fsp3) is 0.643. The van der Waals surface area contributed by atoms with Gasteiger partial charge in [-0.2, -0.15) is 5.11 Å². The fourth-order valence-corrected chi connectivity index (χ4v) is 3.96. The van der Waals surface area contributed by atoms with Gasteiger partial charge in [0, 0.05) is 0 Å². The molecular weight excluding hydrogens is 412 g/mol. The van der Waals surface area contributed by atoms with Gasteiger partial charge in [-0.1, -0.05) is 78.1 Å². The first-order valence-corrected chi connectivity index (χ1v) is 13.1. The fourth-order valence-electron chi connectivity index (χ4n) is 3.96. The molecule has 3 rings (SSSR count). The van der Waals surface area contributed by atoms with Gasteiger partial charge in [0.2, 0.25) is 5.72 Å². The average Bonchev–Trinajstić information content (AvgIpc) is 3.56. The van der Waals surface area contributed by atoms with Gasteiger partial charge in [0.25, 0.3) is 0 Å². The van der Waals surface area contributed by atoms with Crippen LogP contribution in [0.2, 0.25) is 0 Å². The van der Waals surface area contributed by atoms with Gasteiger partial charge in [0.15, 0.2) is 0 Å². The van der Waals surface area contributed by atoms with Crippen molar-refractivity contribution in [2.24, 2.45) is 10.2 Å². The molecule has 0 aromatic heterocycles. The molecule has 0 bridgehead atoms. The number of epoxide rings is 1. The summed E-state index contributed by atoms with van der Waals surface area (Å²) in [7, 11) is 0. The van der Waals surface area contributed by atoms with Crippen molar-refractivity contribution < 1.29 is 14.2 Å². The molecule has 0 amide bonds. The minimum Gasteiger partial charge on any atom is -0.494 e. The monoisotopic (exact) mass is 454 g/mol. The smallest absolute Gasteiger partial charge is 0.229 e. The van der Waals surface area contributed by atoms with Crippen LogP contribution in [0.3, 0.4) is 0 Å². The lowest BCUT2D eigenvalue weighted by atomic mass is 10.1. The van der Waals surface area contributed by atoms with Crippen LogP contribution in [0, 0.1) is 0 Å². The van der Waals surface area contributed by atoms with E-state index in [1.807, 2.05) is 42.5 Å². The van der Waals surface area contributed by atoms with Crippen LogP contribution in [0.5, 0.6) is 5.75 Å². The van der Waals surface area contributed by atoms with Crippen LogP contribution in [0.4, 0.5) is 5.69 Å². The summed E-state index contributed by atoms with van der Waals surface area (Å²) >= 11 is 0. The van der Waals surface area contributed by atoms with Crippen molar-refractivity contribution >= 4 is 5.69 Å². The topological polar surface area (TPSA) is 55.7 Å². The minimum absolute atomic E-state index is 0.0780. The third kappa shape index (κ3) is 8.96. The van der Waals surface area contributed by atoms with Crippen LogP contribution in [0.25, 0.3) is 0 Å². The van der Waals surface area contributed by atoms with Crippen molar-refractivity contribution in [3.63, 3.8) is 0 Å². The predicted molar refractivity (Wildman–Crippen MR) is 134 cm³/mol. The quantitative estimate of drug-likeness (QED) is 0.127. The molecule has 1 saturated heterocycles. The van der Waals surface area contributed by atoms with Gasteiger partial charge in [0.05, 0.1) is 18.9 Å². The summed E-state index contributed by atoms with van der Waals surface area (Å²) in [5.74, 6) is 1.76. The summed E-state index contributed by atoms with van der Waals surface area (Å²) < 4.78 is 17.5. The highest BCUT2D eigenvalue weighted by atomic mass is 16.6. The lowest BCUT2D eigenvalue weighted by Gasteiger charge is -2.10. The van der Waals surface area contributed by atoms with E-state index in [1.165, 1.54) is 64.2 Å². The first-order chi connectivity index (χ1) is 16.3. The molecule has 2 unspecified atom stereocenters. The van der Waals surface area contributed by atoms with Crippen LogP contribution in [-0.2, 0) is 9.47 Å². The van der Waals surface area contributed by atoms with E-state index in [0.29, 0.717) is 0 Å². The van der Waals surface area contributed by atoms with Crippen LogP contribution in [0.1, 0.15) is 90.9 Å². The Kier molecular flexibility index (Phi) is 11.0. The molecule has 182 valence electrons.